The van der Waals surface area contributed by atoms with E-state index in [0.717, 1.165) is 6.20 Å². The Labute approximate surface area is 117 Å². The standard InChI is InChI=1S/C13H11F4NO3/c1-3-21-13(20)6(5-18-2)12(19)9-10(16)7(14)4-8(15)11(9)17/h4-5,18H,3H2,1-2H3. The van der Waals surface area contributed by atoms with E-state index in [-0.39, 0.29) is 12.7 Å². The normalized spacial score (nSPS) is 11.2. The number of halogens is 4. The number of benzene rings is 1. The maximum absolute atomic E-state index is 13.5. The quantitative estimate of drug-likeness (QED) is 0.172. The highest BCUT2D eigenvalue weighted by molar-refractivity contribution is 6.24. The Bertz CT molecular complexity index is 588. The molecule has 1 N–H and O–H groups in total. The Balaban J connectivity index is 3.42. The van der Waals surface area contributed by atoms with Gasteiger partial charge in [0.2, 0.25) is 5.78 Å². The van der Waals surface area contributed by atoms with E-state index in [1.54, 1.807) is 0 Å². The van der Waals surface area contributed by atoms with Crippen LogP contribution in [0.1, 0.15) is 17.3 Å². The van der Waals surface area contributed by atoms with Crippen LogP contribution in [0.5, 0.6) is 0 Å². The van der Waals surface area contributed by atoms with E-state index < -0.39 is 46.2 Å². The van der Waals surface area contributed by atoms with Crippen molar-refractivity contribution in [3.05, 3.63) is 46.7 Å². The molecule has 0 aliphatic carbocycles. The fourth-order valence-corrected chi connectivity index (χ4v) is 1.48. The molecule has 1 aromatic carbocycles. The van der Waals surface area contributed by atoms with Crippen LogP contribution in [0.15, 0.2) is 17.8 Å². The summed E-state index contributed by atoms with van der Waals surface area (Å²) in [6.45, 7) is 1.35. The van der Waals surface area contributed by atoms with Gasteiger partial charge in [0.1, 0.15) is 11.1 Å². The van der Waals surface area contributed by atoms with Crippen LogP contribution in [0, 0.1) is 23.3 Å². The first kappa shape index (κ1) is 16.7. The lowest BCUT2D eigenvalue weighted by Crippen LogP contribution is -2.21. The van der Waals surface area contributed by atoms with Crippen molar-refractivity contribution in [2.75, 3.05) is 13.7 Å². The molecule has 0 bridgehead atoms. The first-order chi connectivity index (χ1) is 9.84. The SMILES string of the molecule is CCOC(=O)C(=CNC)C(=O)c1c(F)c(F)cc(F)c1F. The Kier molecular flexibility index (Phi) is 5.45. The third-order valence-corrected chi connectivity index (χ3v) is 2.37. The second-order valence-electron chi connectivity index (χ2n) is 3.74. The Morgan fingerprint density at radius 3 is 2.14 bits per heavy atom. The molecule has 114 valence electrons. The molecule has 1 aromatic rings. The van der Waals surface area contributed by atoms with Crippen LogP contribution in [-0.4, -0.2) is 25.4 Å². The van der Waals surface area contributed by atoms with Crippen molar-refractivity contribution < 1.29 is 31.9 Å². The summed E-state index contributed by atoms with van der Waals surface area (Å²) in [7, 11) is 1.31. The number of rotatable bonds is 5. The molecular formula is C13H11F4NO3. The fourth-order valence-electron chi connectivity index (χ4n) is 1.48. The van der Waals surface area contributed by atoms with Crippen molar-refractivity contribution in [3.8, 4) is 0 Å². The summed E-state index contributed by atoms with van der Waals surface area (Å²) in [5, 5.41) is 2.31. The van der Waals surface area contributed by atoms with Gasteiger partial charge in [0, 0.05) is 19.3 Å². The molecule has 0 aliphatic rings. The van der Waals surface area contributed by atoms with Crippen LogP contribution in [0.3, 0.4) is 0 Å². The molecular weight excluding hydrogens is 294 g/mol. The molecule has 0 aromatic heterocycles. The van der Waals surface area contributed by atoms with Gasteiger partial charge in [-0.15, -0.1) is 0 Å². The largest absolute Gasteiger partial charge is 0.462 e. The van der Waals surface area contributed by atoms with Crippen LogP contribution >= 0.6 is 0 Å². The van der Waals surface area contributed by atoms with Crippen LogP contribution in [0.4, 0.5) is 17.6 Å². The minimum absolute atomic E-state index is 0.0345. The summed E-state index contributed by atoms with van der Waals surface area (Å²) >= 11 is 0. The van der Waals surface area contributed by atoms with E-state index in [4.69, 9.17) is 0 Å². The van der Waals surface area contributed by atoms with Gasteiger partial charge in [-0.3, -0.25) is 4.79 Å². The first-order valence-corrected chi connectivity index (χ1v) is 5.77. The van der Waals surface area contributed by atoms with Gasteiger partial charge in [-0.2, -0.15) is 0 Å². The predicted octanol–water partition coefficient (Wildman–Crippen LogP) is 2.09. The van der Waals surface area contributed by atoms with Gasteiger partial charge >= 0.3 is 5.97 Å². The van der Waals surface area contributed by atoms with Crippen molar-refractivity contribution >= 4 is 11.8 Å². The van der Waals surface area contributed by atoms with Crippen molar-refractivity contribution in [1.82, 2.24) is 5.32 Å². The summed E-state index contributed by atoms with van der Waals surface area (Å²) in [5.74, 6) is -9.97. The van der Waals surface area contributed by atoms with E-state index in [9.17, 15) is 27.2 Å². The summed E-state index contributed by atoms with van der Waals surface area (Å²) < 4.78 is 57.8. The smallest absolute Gasteiger partial charge is 0.343 e. The minimum Gasteiger partial charge on any atom is -0.462 e. The van der Waals surface area contributed by atoms with E-state index in [2.05, 4.69) is 10.1 Å². The Hall–Kier alpha value is -2.38. The lowest BCUT2D eigenvalue weighted by atomic mass is 10.0. The number of Topliss-reactive ketones (excluding diaryl/α,β-unsaturated/α-hetero) is 1. The van der Waals surface area contributed by atoms with Gasteiger partial charge in [0.05, 0.1) is 6.61 Å². The molecule has 0 amide bonds. The van der Waals surface area contributed by atoms with Gasteiger partial charge in [-0.25, -0.2) is 22.4 Å². The van der Waals surface area contributed by atoms with Crippen LogP contribution in [0.25, 0.3) is 0 Å². The van der Waals surface area contributed by atoms with E-state index in [1.807, 2.05) is 0 Å². The van der Waals surface area contributed by atoms with Crippen LogP contribution in [0.2, 0.25) is 0 Å². The van der Waals surface area contributed by atoms with Gasteiger partial charge < -0.3 is 10.1 Å². The molecule has 0 heterocycles. The number of hydrogen-bond donors (Lipinski definition) is 1. The van der Waals surface area contributed by atoms with Gasteiger partial charge in [0.25, 0.3) is 0 Å². The number of esters is 1. The summed E-state index contributed by atoms with van der Waals surface area (Å²) in [6, 6.07) is -0.0345. The highest BCUT2D eigenvalue weighted by Crippen LogP contribution is 2.22. The third kappa shape index (κ3) is 3.39. The van der Waals surface area contributed by atoms with Crippen LogP contribution < -0.4 is 5.32 Å². The summed E-state index contributed by atoms with van der Waals surface area (Å²) in [5.41, 5.74) is -2.29. The highest BCUT2D eigenvalue weighted by Gasteiger charge is 2.30. The van der Waals surface area contributed by atoms with Gasteiger partial charge in [0.15, 0.2) is 23.3 Å². The lowest BCUT2D eigenvalue weighted by molar-refractivity contribution is -0.138. The van der Waals surface area contributed by atoms with E-state index in [0.29, 0.717) is 0 Å². The summed E-state index contributed by atoms with van der Waals surface area (Å²) in [6.07, 6.45) is 0.821. The summed E-state index contributed by atoms with van der Waals surface area (Å²) in [4.78, 5) is 23.5. The highest BCUT2D eigenvalue weighted by atomic mass is 19.2. The fraction of sp³-hybridized carbons (Fsp3) is 0.231. The van der Waals surface area contributed by atoms with E-state index >= 15 is 0 Å². The molecule has 0 unspecified atom stereocenters. The zero-order valence-corrected chi connectivity index (χ0v) is 11.1. The second-order valence-corrected chi connectivity index (χ2v) is 3.74. The average molecular weight is 305 g/mol. The molecule has 0 aliphatic heterocycles. The molecule has 0 fully saturated rings. The topological polar surface area (TPSA) is 55.4 Å². The number of ketones is 1. The average Bonchev–Trinajstić information content (AvgIpc) is 2.43. The zero-order valence-electron chi connectivity index (χ0n) is 11.1. The minimum atomic E-state index is -1.88. The molecule has 0 atom stereocenters. The Morgan fingerprint density at radius 1 is 1.19 bits per heavy atom. The molecule has 0 saturated heterocycles. The molecule has 21 heavy (non-hydrogen) atoms. The van der Waals surface area contributed by atoms with Crippen molar-refractivity contribution in [1.29, 1.82) is 0 Å². The number of hydrogen-bond acceptors (Lipinski definition) is 4. The monoisotopic (exact) mass is 305 g/mol. The molecule has 1 rings (SSSR count). The zero-order chi connectivity index (χ0) is 16.2. The van der Waals surface area contributed by atoms with Crippen molar-refractivity contribution in [2.45, 2.75) is 6.92 Å². The van der Waals surface area contributed by atoms with Gasteiger partial charge in [-0.1, -0.05) is 0 Å². The number of carbonyl (C=O) groups excluding carboxylic acids is 2. The lowest BCUT2D eigenvalue weighted by Gasteiger charge is -2.09. The van der Waals surface area contributed by atoms with Gasteiger partial charge in [-0.05, 0) is 6.92 Å². The molecule has 4 nitrogen and oxygen atoms in total. The van der Waals surface area contributed by atoms with E-state index in [1.165, 1.54) is 14.0 Å². The van der Waals surface area contributed by atoms with Crippen molar-refractivity contribution in [3.63, 3.8) is 0 Å². The number of nitrogens with one attached hydrogen (secondary N) is 1. The maximum Gasteiger partial charge on any atom is 0.343 e. The maximum atomic E-state index is 13.5. The number of ether oxygens (including phenoxy) is 1. The number of carbonyl (C=O) groups is 2. The van der Waals surface area contributed by atoms with Crippen molar-refractivity contribution in [2.24, 2.45) is 0 Å². The van der Waals surface area contributed by atoms with Crippen LogP contribution in [-0.2, 0) is 9.53 Å². The molecule has 8 heteroatoms. The second kappa shape index (κ2) is 6.87. The third-order valence-electron chi connectivity index (χ3n) is 2.37. The molecule has 0 spiro atoms. The predicted molar refractivity (Wildman–Crippen MR) is 64.4 cm³/mol. The molecule has 0 radical (unpaired) electrons. The first-order valence-electron chi connectivity index (χ1n) is 5.77. The molecule has 0 saturated carbocycles. The Morgan fingerprint density at radius 2 is 1.71 bits per heavy atom.